The highest BCUT2D eigenvalue weighted by molar-refractivity contribution is 8.15. The van der Waals surface area contributed by atoms with E-state index in [2.05, 4.69) is 16.0 Å². The first-order chi connectivity index (χ1) is 15.6. The maximum absolute atomic E-state index is 11.6. The van der Waals surface area contributed by atoms with Gasteiger partial charge in [0.2, 0.25) is 0 Å². The molecule has 0 aliphatic carbocycles. The average Bonchev–Trinajstić information content (AvgIpc) is 3.12. The van der Waals surface area contributed by atoms with Crippen molar-refractivity contribution in [3.8, 4) is 5.75 Å². The predicted molar refractivity (Wildman–Crippen MR) is 127 cm³/mol. The molecule has 0 saturated carbocycles. The highest BCUT2D eigenvalue weighted by atomic mass is 32.2. The number of hydrogen-bond donors (Lipinski definition) is 4. The third-order valence-corrected chi connectivity index (χ3v) is 5.98. The third kappa shape index (κ3) is 5.79. The monoisotopic (exact) mass is 451 g/mol. The van der Waals surface area contributed by atoms with Crippen LogP contribution in [0.2, 0.25) is 0 Å². The van der Waals surface area contributed by atoms with Gasteiger partial charge in [-0.2, -0.15) is 0 Å². The van der Waals surface area contributed by atoms with Gasteiger partial charge in [0.05, 0.1) is 0 Å². The first-order valence-electron chi connectivity index (χ1n) is 10.4. The average molecular weight is 452 g/mol. The number of fused-ring (bicyclic) bond motifs is 1. The number of thioether (sulfide) groups is 1. The second-order valence-corrected chi connectivity index (χ2v) is 8.59. The van der Waals surface area contributed by atoms with Crippen molar-refractivity contribution in [1.29, 1.82) is 0 Å². The lowest BCUT2D eigenvalue weighted by Gasteiger charge is -2.15. The maximum Gasteiger partial charge on any atom is 0.288 e. The molecule has 1 aliphatic heterocycles. The molecule has 3 aromatic rings. The minimum absolute atomic E-state index is 0.219. The molecule has 0 radical (unpaired) electrons. The number of amides is 2. The number of anilines is 1. The van der Waals surface area contributed by atoms with Crippen LogP contribution in [-0.4, -0.2) is 47.4 Å². The highest BCUT2D eigenvalue weighted by Crippen LogP contribution is 2.25. The van der Waals surface area contributed by atoms with Gasteiger partial charge in [-0.25, -0.2) is 0 Å². The molecule has 1 saturated heterocycles. The number of aliphatic hydroxyl groups is 1. The molecule has 166 valence electrons. The number of hydrogen-bond acceptors (Lipinski definition) is 7. The molecular formula is C24H25N3O4S. The summed E-state index contributed by atoms with van der Waals surface area (Å²) < 4.78 is 5.83. The fraction of sp³-hybridized carbons (Fsp3) is 0.250. The lowest BCUT2D eigenvalue weighted by atomic mass is 10.1. The van der Waals surface area contributed by atoms with E-state index in [4.69, 9.17) is 4.74 Å². The van der Waals surface area contributed by atoms with Crippen molar-refractivity contribution in [2.24, 2.45) is 0 Å². The van der Waals surface area contributed by atoms with Gasteiger partial charge >= 0.3 is 0 Å². The Morgan fingerprint density at radius 3 is 2.59 bits per heavy atom. The molecule has 8 heteroatoms. The first-order valence-corrected chi connectivity index (χ1v) is 11.3. The van der Waals surface area contributed by atoms with E-state index in [9.17, 15) is 14.7 Å². The van der Waals surface area contributed by atoms with Crippen molar-refractivity contribution in [2.45, 2.75) is 17.9 Å². The van der Waals surface area contributed by atoms with Gasteiger partial charge in [0.15, 0.2) is 5.37 Å². The van der Waals surface area contributed by atoms with Gasteiger partial charge in [0, 0.05) is 17.6 Å². The van der Waals surface area contributed by atoms with Gasteiger partial charge in [-0.05, 0) is 53.9 Å². The summed E-state index contributed by atoms with van der Waals surface area (Å²) in [5.74, 6) is 0.449. The molecule has 7 nitrogen and oxygen atoms in total. The molecule has 4 rings (SSSR count). The summed E-state index contributed by atoms with van der Waals surface area (Å²) in [6, 6.07) is 21.6. The van der Waals surface area contributed by atoms with Gasteiger partial charge in [-0.15, -0.1) is 0 Å². The lowest BCUT2D eigenvalue weighted by Crippen LogP contribution is -2.32. The minimum atomic E-state index is -0.613. The van der Waals surface area contributed by atoms with E-state index in [1.165, 1.54) is 0 Å². The van der Waals surface area contributed by atoms with Crippen molar-refractivity contribution in [3.05, 3.63) is 72.3 Å². The van der Waals surface area contributed by atoms with Crippen molar-refractivity contribution < 1.29 is 19.4 Å². The Morgan fingerprint density at radius 2 is 1.81 bits per heavy atom. The van der Waals surface area contributed by atoms with Crippen LogP contribution in [0, 0.1) is 0 Å². The van der Waals surface area contributed by atoms with Gasteiger partial charge in [0.1, 0.15) is 18.5 Å². The highest BCUT2D eigenvalue weighted by Gasteiger charge is 2.31. The van der Waals surface area contributed by atoms with E-state index >= 15 is 0 Å². The summed E-state index contributed by atoms with van der Waals surface area (Å²) >= 11 is 0.940. The number of ether oxygens (including phenoxy) is 1. The Bertz CT molecular complexity index is 1080. The van der Waals surface area contributed by atoms with Crippen LogP contribution in [0.3, 0.4) is 0 Å². The fourth-order valence-electron chi connectivity index (χ4n) is 3.44. The molecule has 2 atom stereocenters. The Kier molecular flexibility index (Phi) is 7.26. The van der Waals surface area contributed by atoms with Crippen LogP contribution >= 0.6 is 11.8 Å². The molecule has 1 aliphatic rings. The molecule has 0 bridgehead atoms. The number of nitrogens with one attached hydrogen (secondary N) is 3. The molecule has 2 unspecified atom stereocenters. The molecule has 0 aromatic heterocycles. The van der Waals surface area contributed by atoms with Crippen LogP contribution in [0.4, 0.5) is 10.5 Å². The topological polar surface area (TPSA) is 99.7 Å². The molecule has 4 N–H and O–H groups in total. The van der Waals surface area contributed by atoms with Crippen LogP contribution in [-0.2, 0) is 11.2 Å². The van der Waals surface area contributed by atoms with E-state index in [-0.39, 0.29) is 17.8 Å². The standard InChI is InChI=1S/C24H25N3O4S/c28-19(15-31-21-7-3-5-17-4-1-2-6-20(17)21)14-25-13-12-16-8-10-18(11-9-16)26-23-22(29)27-24(30)32-23/h1-11,19,23,25-26,28H,12-15H2,(H,27,29,30). The molecule has 1 heterocycles. The third-order valence-electron chi connectivity index (χ3n) is 5.09. The number of imide groups is 1. The Hall–Kier alpha value is -3.07. The smallest absolute Gasteiger partial charge is 0.288 e. The Morgan fingerprint density at radius 1 is 1.03 bits per heavy atom. The summed E-state index contributed by atoms with van der Waals surface area (Å²) in [5, 5.41) is 20.0. The molecular weight excluding hydrogens is 426 g/mol. The number of aliphatic hydroxyl groups excluding tert-OH is 1. The van der Waals surface area contributed by atoms with Crippen LogP contribution in [0.1, 0.15) is 5.56 Å². The van der Waals surface area contributed by atoms with Gasteiger partial charge < -0.3 is 20.5 Å². The van der Waals surface area contributed by atoms with Crippen molar-refractivity contribution in [3.63, 3.8) is 0 Å². The van der Waals surface area contributed by atoms with Crippen molar-refractivity contribution in [2.75, 3.05) is 25.0 Å². The first kappa shape index (κ1) is 22.1. The molecule has 3 aromatic carbocycles. The number of benzene rings is 3. The SMILES string of the molecule is O=C1NC(=O)C(Nc2ccc(CCNCC(O)COc3cccc4ccccc34)cc2)S1. The number of rotatable bonds is 10. The van der Waals surface area contributed by atoms with E-state index in [1.807, 2.05) is 66.7 Å². The zero-order valence-corrected chi connectivity index (χ0v) is 18.2. The summed E-state index contributed by atoms with van der Waals surface area (Å²) in [6.45, 7) is 1.37. The largest absolute Gasteiger partial charge is 0.490 e. The molecule has 32 heavy (non-hydrogen) atoms. The lowest BCUT2D eigenvalue weighted by molar-refractivity contribution is -0.118. The van der Waals surface area contributed by atoms with E-state index < -0.39 is 11.5 Å². The second kappa shape index (κ2) is 10.5. The number of carbonyl (C=O) groups is 2. The van der Waals surface area contributed by atoms with Crippen molar-refractivity contribution >= 4 is 39.4 Å². The van der Waals surface area contributed by atoms with Crippen molar-refractivity contribution in [1.82, 2.24) is 10.6 Å². The normalized spacial score (nSPS) is 16.7. The van der Waals surface area contributed by atoms with E-state index in [0.29, 0.717) is 13.1 Å². The van der Waals surface area contributed by atoms with Crippen LogP contribution in [0.5, 0.6) is 5.75 Å². The zero-order chi connectivity index (χ0) is 22.3. The Labute approximate surface area is 190 Å². The fourth-order valence-corrected chi connectivity index (χ4v) is 4.17. The van der Waals surface area contributed by atoms with Gasteiger partial charge in [-0.1, -0.05) is 48.5 Å². The summed E-state index contributed by atoms with van der Waals surface area (Å²) in [6.07, 6.45) is 0.187. The summed E-state index contributed by atoms with van der Waals surface area (Å²) in [4.78, 5) is 22.8. The van der Waals surface area contributed by atoms with Gasteiger partial charge in [-0.3, -0.25) is 14.9 Å². The van der Waals surface area contributed by atoms with E-state index in [0.717, 1.165) is 46.0 Å². The predicted octanol–water partition coefficient (Wildman–Crippen LogP) is 3.13. The van der Waals surface area contributed by atoms with Crippen LogP contribution in [0.15, 0.2) is 66.7 Å². The van der Waals surface area contributed by atoms with Crippen LogP contribution in [0.25, 0.3) is 10.8 Å². The zero-order valence-electron chi connectivity index (χ0n) is 17.4. The number of carbonyl (C=O) groups excluding carboxylic acids is 2. The molecule has 2 amide bonds. The molecule has 0 spiro atoms. The Balaban J connectivity index is 1.16. The summed E-state index contributed by atoms with van der Waals surface area (Å²) in [7, 11) is 0. The quantitative estimate of drug-likeness (QED) is 0.352. The second-order valence-electron chi connectivity index (χ2n) is 7.51. The molecule has 1 fully saturated rings. The maximum atomic E-state index is 11.6. The minimum Gasteiger partial charge on any atom is -0.490 e. The van der Waals surface area contributed by atoms with E-state index in [1.54, 1.807) is 0 Å². The van der Waals surface area contributed by atoms with Gasteiger partial charge in [0.25, 0.3) is 11.1 Å². The summed E-state index contributed by atoms with van der Waals surface area (Å²) in [5.41, 5.74) is 1.91. The van der Waals surface area contributed by atoms with Crippen LogP contribution < -0.4 is 20.7 Å².